The van der Waals surface area contributed by atoms with Gasteiger partial charge in [0, 0.05) is 25.0 Å². The van der Waals surface area contributed by atoms with Crippen molar-refractivity contribution < 1.29 is 9.52 Å². The summed E-state index contributed by atoms with van der Waals surface area (Å²) >= 11 is 0. The molecule has 2 aromatic rings. The van der Waals surface area contributed by atoms with Gasteiger partial charge in [0.2, 0.25) is 0 Å². The third-order valence-electron chi connectivity index (χ3n) is 3.73. The Labute approximate surface area is 112 Å². The van der Waals surface area contributed by atoms with Gasteiger partial charge in [0.15, 0.2) is 0 Å². The summed E-state index contributed by atoms with van der Waals surface area (Å²) in [6.45, 7) is 1.67. The highest BCUT2D eigenvalue weighted by atomic mass is 16.3. The minimum Gasteiger partial charge on any atom is -0.468 e. The van der Waals surface area contributed by atoms with E-state index in [1.807, 2.05) is 24.4 Å². The first-order chi connectivity index (χ1) is 9.33. The number of rotatable bonds is 4. The van der Waals surface area contributed by atoms with Gasteiger partial charge in [0.1, 0.15) is 5.76 Å². The predicted molar refractivity (Wildman–Crippen MR) is 71.5 cm³/mol. The number of aliphatic hydroxyl groups is 1. The Hall–Kier alpha value is -1.65. The van der Waals surface area contributed by atoms with Gasteiger partial charge in [-0.3, -0.25) is 9.88 Å². The molecule has 2 aromatic heterocycles. The van der Waals surface area contributed by atoms with E-state index in [1.54, 1.807) is 12.5 Å². The molecule has 0 saturated carbocycles. The van der Waals surface area contributed by atoms with E-state index in [-0.39, 0.29) is 12.1 Å². The minimum absolute atomic E-state index is 0.147. The van der Waals surface area contributed by atoms with Crippen molar-refractivity contribution in [2.24, 2.45) is 0 Å². The Morgan fingerprint density at radius 2 is 2.32 bits per heavy atom. The Morgan fingerprint density at radius 1 is 1.37 bits per heavy atom. The van der Waals surface area contributed by atoms with Crippen molar-refractivity contribution in [2.75, 3.05) is 6.54 Å². The molecule has 1 saturated heterocycles. The lowest BCUT2D eigenvalue weighted by molar-refractivity contribution is 0.109. The molecule has 100 valence electrons. The number of hydrogen-bond donors (Lipinski definition) is 1. The topological polar surface area (TPSA) is 49.5 Å². The fourth-order valence-electron chi connectivity index (χ4n) is 2.72. The van der Waals surface area contributed by atoms with E-state index < -0.39 is 0 Å². The molecule has 2 atom stereocenters. The predicted octanol–water partition coefficient (Wildman–Crippen LogP) is 1.85. The second-order valence-corrected chi connectivity index (χ2v) is 5.04. The van der Waals surface area contributed by atoms with Crippen LogP contribution in [0.4, 0.5) is 0 Å². The van der Waals surface area contributed by atoms with E-state index in [2.05, 4.69) is 16.0 Å². The Kier molecular flexibility index (Phi) is 3.62. The van der Waals surface area contributed by atoms with Gasteiger partial charge < -0.3 is 9.52 Å². The van der Waals surface area contributed by atoms with E-state index >= 15 is 0 Å². The maximum atomic E-state index is 10.2. The van der Waals surface area contributed by atoms with Gasteiger partial charge in [0.25, 0.3) is 0 Å². The molecule has 4 heteroatoms. The van der Waals surface area contributed by atoms with Crippen LogP contribution in [-0.2, 0) is 13.0 Å². The normalized spacial score (nSPS) is 23.8. The standard InChI is InChI=1S/C15H18N2O2/c18-15-5-7-17(11-13-4-2-8-19-13)14(15)9-12-3-1-6-16-10-12/h1-4,6,8,10,14-15,18H,5,7,9,11H2/t14-,15-/m0/s1. The molecule has 0 aliphatic carbocycles. The lowest BCUT2D eigenvalue weighted by atomic mass is 10.0. The second kappa shape index (κ2) is 5.55. The van der Waals surface area contributed by atoms with Gasteiger partial charge in [0.05, 0.1) is 18.9 Å². The van der Waals surface area contributed by atoms with E-state index in [4.69, 9.17) is 4.42 Å². The quantitative estimate of drug-likeness (QED) is 0.909. The molecule has 3 heterocycles. The summed E-state index contributed by atoms with van der Waals surface area (Å²) in [6, 6.07) is 8.02. The van der Waals surface area contributed by atoms with Crippen molar-refractivity contribution in [2.45, 2.75) is 31.5 Å². The van der Waals surface area contributed by atoms with Gasteiger partial charge in [-0.15, -0.1) is 0 Å². The van der Waals surface area contributed by atoms with Crippen molar-refractivity contribution in [3.05, 3.63) is 54.2 Å². The SMILES string of the molecule is O[C@H]1CCN(Cc2ccco2)[C@H]1Cc1cccnc1. The molecular formula is C15H18N2O2. The molecular weight excluding hydrogens is 240 g/mol. The highest BCUT2D eigenvalue weighted by Crippen LogP contribution is 2.23. The molecule has 0 unspecified atom stereocenters. The summed E-state index contributed by atoms with van der Waals surface area (Å²) in [5, 5.41) is 10.2. The zero-order chi connectivity index (χ0) is 13.1. The molecule has 0 aromatic carbocycles. The van der Waals surface area contributed by atoms with Crippen molar-refractivity contribution in [3.63, 3.8) is 0 Å². The van der Waals surface area contributed by atoms with E-state index in [1.165, 1.54) is 0 Å². The first-order valence-corrected chi connectivity index (χ1v) is 6.66. The molecule has 19 heavy (non-hydrogen) atoms. The zero-order valence-corrected chi connectivity index (χ0v) is 10.8. The van der Waals surface area contributed by atoms with Gasteiger partial charge >= 0.3 is 0 Å². The maximum Gasteiger partial charge on any atom is 0.117 e. The highest BCUT2D eigenvalue weighted by molar-refractivity contribution is 5.12. The molecule has 1 fully saturated rings. The summed E-state index contributed by atoms with van der Waals surface area (Å²) in [5.41, 5.74) is 1.16. The number of aliphatic hydroxyl groups excluding tert-OH is 1. The molecule has 1 aliphatic heterocycles. The van der Waals surface area contributed by atoms with Gasteiger partial charge in [-0.25, -0.2) is 0 Å². The number of pyridine rings is 1. The van der Waals surface area contributed by atoms with Crippen molar-refractivity contribution in [3.8, 4) is 0 Å². The molecule has 4 nitrogen and oxygen atoms in total. The monoisotopic (exact) mass is 258 g/mol. The van der Waals surface area contributed by atoms with Crippen LogP contribution in [0.5, 0.6) is 0 Å². The molecule has 0 amide bonds. The third kappa shape index (κ3) is 2.85. The van der Waals surface area contributed by atoms with Crippen molar-refractivity contribution in [1.29, 1.82) is 0 Å². The average Bonchev–Trinajstić information content (AvgIpc) is 3.05. The van der Waals surface area contributed by atoms with Crippen LogP contribution < -0.4 is 0 Å². The molecule has 1 aliphatic rings. The van der Waals surface area contributed by atoms with Crippen LogP contribution in [0, 0.1) is 0 Å². The molecule has 0 spiro atoms. The smallest absolute Gasteiger partial charge is 0.117 e. The Balaban J connectivity index is 1.70. The summed E-state index contributed by atoms with van der Waals surface area (Å²) < 4.78 is 5.39. The van der Waals surface area contributed by atoms with Crippen LogP contribution in [0.15, 0.2) is 47.3 Å². The Bertz CT molecular complexity index is 498. The largest absolute Gasteiger partial charge is 0.468 e. The lowest BCUT2D eigenvalue weighted by Crippen LogP contribution is -2.36. The van der Waals surface area contributed by atoms with Crippen molar-refractivity contribution >= 4 is 0 Å². The molecule has 0 radical (unpaired) electrons. The van der Waals surface area contributed by atoms with E-state index in [0.29, 0.717) is 0 Å². The number of likely N-dealkylation sites (tertiary alicyclic amines) is 1. The van der Waals surface area contributed by atoms with E-state index in [9.17, 15) is 5.11 Å². The molecule has 3 rings (SSSR count). The van der Waals surface area contributed by atoms with E-state index in [0.717, 1.165) is 37.3 Å². The Morgan fingerprint density at radius 3 is 3.05 bits per heavy atom. The van der Waals surface area contributed by atoms with Crippen LogP contribution in [0.1, 0.15) is 17.7 Å². The van der Waals surface area contributed by atoms with Crippen LogP contribution in [0.3, 0.4) is 0 Å². The second-order valence-electron chi connectivity index (χ2n) is 5.04. The van der Waals surface area contributed by atoms with Gasteiger partial charge in [-0.05, 0) is 36.6 Å². The summed E-state index contributed by atoms with van der Waals surface area (Å²) in [4.78, 5) is 6.42. The molecule has 1 N–H and O–H groups in total. The lowest BCUT2D eigenvalue weighted by Gasteiger charge is -2.25. The fraction of sp³-hybridized carbons (Fsp3) is 0.400. The van der Waals surface area contributed by atoms with Crippen LogP contribution in [0.25, 0.3) is 0 Å². The van der Waals surface area contributed by atoms with Crippen molar-refractivity contribution in [1.82, 2.24) is 9.88 Å². The van der Waals surface area contributed by atoms with Crippen LogP contribution >= 0.6 is 0 Å². The number of aromatic nitrogens is 1. The number of hydrogen-bond acceptors (Lipinski definition) is 4. The zero-order valence-electron chi connectivity index (χ0n) is 10.8. The highest BCUT2D eigenvalue weighted by Gasteiger charge is 2.33. The average molecular weight is 258 g/mol. The maximum absolute atomic E-state index is 10.2. The summed E-state index contributed by atoms with van der Waals surface area (Å²) in [7, 11) is 0. The summed E-state index contributed by atoms with van der Waals surface area (Å²) in [6.07, 6.45) is 6.72. The molecule has 0 bridgehead atoms. The fourth-order valence-corrected chi connectivity index (χ4v) is 2.72. The van der Waals surface area contributed by atoms with Crippen LogP contribution in [0.2, 0.25) is 0 Å². The third-order valence-corrected chi connectivity index (χ3v) is 3.73. The number of nitrogens with zero attached hydrogens (tertiary/aromatic N) is 2. The van der Waals surface area contributed by atoms with Crippen LogP contribution in [-0.4, -0.2) is 33.7 Å². The number of furan rings is 1. The summed E-state index contributed by atoms with van der Waals surface area (Å²) in [5.74, 6) is 0.949. The van der Waals surface area contributed by atoms with Gasteiger partial charge in [-0.2, -0.15) is 0 Å². The first-order valence-electron chi connectivity index (χ1n) is 6.66. The first kappa shape index (κ1) is 12.4. The minimum atomic E-state index is -0.268. The van der Waals surface area contributed by atoms with Gasteiger partial charge in [-0.1, -0.05) is 6.07 Å².